The number of halogens is 1. The molecule has 2 nitrogen and oxygen atoms in total. The maximum absolute atomic E-state index is 3.98. The zero-order valence-electron chi connectivity index (χ0n) is 6.50. The van der Waals surface area contributed by atoms with Crippen molar-refractivity contribution in [2.24, 2.45) is 5.10 Å². The summed E-state index contributed by atoms with van der Waals surface area (Å²) in [6.07, 6.45) is 1.95. The monoisotopic (exact) mass is 224 g/mol. The summed E-state index contributed by atoms with van der Waals surface area (Å²) in [7, 11) is 0. The van der Waals surface area contributed by atoms with Crippen molar-refractivity contribution in [1.82, 2.24) is 5.43 Å². The van der Waals surface area contributed by atoms with Crippen LogP contribution in [0, 0.1) is 0 Å². The van der Waals surface area contributed by atoms with Crippen LogP contribution in [-0.4, -0.2) is 12.8 Å². The second kappa shape index (κ2) is 3.27. The van der Waals surface area contributed by atoms with Gasteiger partial charge >= 0.3 is 0 Å². The van der Waals surface area contributed by atoms with Gasteiger partial charge in [0.2, 0.25) is 0 Å². The van der Waals surface area contributed by atoms with Crippen molar-refractivity contribution < 1.29 is 0 Å². The van der Waals surface area contributed by atoms with E-state index < -0.39 is 0 Å². The maximum atomic E-state index is 3.98. The molecule has 62 valence electrons. The molecule has 3 heteroatoms. The van der Waals surface area contributed by atoms with Gasteiger partial charge in [0.15, 0.2) is 0 Å². The van der Waals surface area contributed by atoms with Crippen LogP contribution in [0.1, 0.15) is 11.5 Å². The standard InChI is InChI=1S/C9H9BrN2/c10-9-3-1-7(2-4-9)8-5-11-12-6-8/h1-5,8,12H,6H2. The molecule has 1 heterocycles. The molecule has 0 amide bonds. The molecule has 0 saturated carbocycles. The third-order valence-electron chi connectivity index (χ3n) is 1.96. The van der Waals surface area contributed by atoms with E-state index in [0.717, 1.165) is 11.0 Å². The van der Waals surface area contributed by atoms with Gasteiger partial charge in [-0.15, -0.1) is 0 Å². The van der Waals surface area contributed by atoms with Crippen molar-refractivity contribution in [2.75, 3.05) is 6.54 Å². The minimum absolute atomic E-state index is 0.443. The highest BCUT2D eigenvalue weighted by molar-refractivity contribution is 9.10. The van der Waals surface area contributed by atoms with E-state index in [-0.39, 0.29) is 0 Å². The van der Waals surface area contributed by atoms with E-state index in [4.69, 9.17) is 0 Å². The van der Waals surface area contributed by atoms with Crippen molar-refractivity contribution in [3.05, 3.63) is 34.3 Å². The molecule has 1 aromatic carbocycles. The predicted octanol–water partition coefficient (Wildman–Crippen LogP) is 2.12. The van der Waals surface area contributed by atoms with Gasteiger partial charge in [-0.05, 0) is 17.7 Å². The fourth-order valence-electron chi connectivity index (χ4n) is 1.26. The first kappa shape index (κ1) is 7.80. The van der Waals surface area contributed by atoms with Crippen molar-refractivity contribution >= 4 is 22.1 Å². The lowest BCUT2D eigenvalue weighted by Gasteiger charge is -2.04. The molecule has 0 saturated heterocycles. The summed E-state index contributed by atoms with van der Waals surface area (Å²) in [6.45, 7) is 0.918. The topological polar surface area (TPSA) is 24.4 Å². The highest BCUT2D eigenvalue weighted by Crippen LogP contribution is 2.18. The van der Waals surface area contributed by atoms with Crippen molar-refractivity contribution in [3.8, 4) is 0 Å². The first-order valence-corrected chi connectivity index (χ1v) is 4.67. The van der Waals surface area contributed by atoms with Crippen LogP contribution in [0.3, 0.4) is 0 Å². The van der Waals surface area contributed by atoms with E-state index >= 15 is 0 Å². The minimum Gasteiger partial charge on any atom is -0.309 e. The molecule has 0 bridgehead atoms. The Bertz CT molecular complexity index is 292. The molecule has 1 atom stereocenters. The van der Waals surface area contributed by atoms with Gasteiger partial charge in [-0.1, -0.05) is 28.1 Å². The fourth-order valence-corrected chi connectivity index (χ4v) is 1.52. The third-order valence-corrected chi connectivity index (χ3v) is 2.48. The highest BCUT2D eigenvalue weighted by atomic mass is 79.9. The normalized spacial score (nSPS) is 20.9. The summed E-state index contributed by atoms with van der Waals surface area (Å²) < 4.78 is 1.12. The Kier molecular flexibility index (Phi) is 2.13. The Balaban J connectivity index is 2.23. The molecule has 0 fully saturated rings. The van der Waals surface area contributed by atoms with Gasteiger partial charge in [-0.2, -0.15) is 5.10 Å². The Labute approximate surface area is 79.8 Å². The number of hydrogen-bond acceptors (Lipinski definition) is 2. The van der Waals surface area contributed by atoms with E-state index in [1.54, 1.807) is 0 Å². The number of nitrogens with zero attached hydrogens (tertiary/aromatic N) is 1. The van der Waals surface area contributed by atoms with Gasteiger partial charge in [-0.3, -0.25) is 0 Å². The number of nitrogens with one attached hydrogen (secondary N) is 1. The lowest BCUT2D eigenvalue weighted by molar-refractivity contribution is 0.764. The van der Waals surface area contributed by atoms with Gasteiger partial charge in [0.1, 0.15) is 0 Å². The molecule has 1 aliphatic heterocycles. The molecule has 1 aromatic rings. The van der Waals surface area contributed by atoms with Crippen LogP contribution in [0.15, 0.2) is 33.8 Å². The fraction of sp³-hybridized carbons (Fsp3) is 0.222. The van der Waals surface area contributed by atoms with E-state index in [9.17, 15) is 0 Å². The predicted molar refractivity (Wildman–Crippen MR) is 53.4 cm³/mol. The molecule has 2 rings (SSSR count). The smallest absolute Gasteiger partial charge is 0.0448 e. The van der Waals surface area contributed by atoms with E-state index in [0.29, 0.717) is 5.92 Å². The largest absolute Gasteiger partial charge is 0.309 e. The zero-order chi connectivity index (χ0) is 8.39. The van der Waals surface area contributed by atoms with Crippen LogP contribution in [0.5, 0.6) is 0 Å². The number of hydrogen-bond donors (Lipinski definition) is 1. The summed E-state index contributed by atoms with van der Waals surface area (Å²) in [4.78, 5) is 0. The SMILES string of the molecule is Brc1ccc(C2C=NNC2)cc1. The van der Waals surface area contributed by atoms with Gasteiger partial charge in [-0.25, -0.2) is 0 Å². The van der Waals surface area contributed by atoms with Crippen molar-refractivity contribution in [1.29, 1.82) is 0 Å². The van der Waals surface area contributed by atoms with Crippen LogP contribution < -0.4 is 5.43 Å². The second-order valence-corrected chi connectivity index (χ2v) is 3.71. The van der Waals surface area contributed by atoms with Gasteiger partial charge in [0.05, 0.1) is 0 Å². The average molecular weight is 225 g/mol. The Hall–Kier alpha value is -0.830. The summed E-state index contributed by atoms with van der Waals surface area (Å²) in [5, 5.41) is 3.98. The molecule has 0 aliphatic carbocycles. The molecule has 1 N–H and O–H groups in total. The van der Waals surface area contributed by atoms with Crippen LogP contribution >= 0.6 is 15.9 Å². The minimum atomic E-state index is 0.443. The van der Waals surface area contributed by atoms with Gasteiger partial charge in [0.25, 0.3) is 0 Å². The molecule has 0 radical (unpaired) electrons. The summed E-state index contributed by atoms with van der Waals surface area (Å²) in [5.74, 6) is 0.443. The number of benzene rings is 1. The van der Waals surface area contributed by atoms with Crippen molar-refractivity contribution in [3.63, 3.8) is 0 Å². The van der Waals surface area contributed by atoms with Crippen LogP contribution in [0.25, 0.3) is 0 Å². The molecule has 1 aliphatic rings. The van der Waals surface area contributed by atoms with E-state index in [1.165, 1.54) is 5.56 Å². The summed E-state index contributed by atoms with van der Waals surface area (Å²) in [5.41, 5.74) is 4.26. The van der Waals surface area contributed by atoms with Crippen LogP contribution in [-0.2, 0) is 0 Å². The zero-order valence-corrected chi connectivity index (χ0v) is 8.08. The maximum Gasteiger partial charge on any atom is 0.0448 e. The lowest BCUT2D eigenvalue weighted by Crippen LogP contribution is -2.07. The number of rotatable bonds is 1. The molecule has 1 unspecified atom stereocenters. The Morgan fingerprint density at radius 1 is 1.33 bits per heavy atom. The summed E-state index contributed by atoms with van der Waals surface area (Å²) >= 11 is 3.40. The average Bonchev–Trinajstić information content (AvgIpc) is 2.58. The Morgan fingerprint density at radius 2 is 2.08 bits per heavy atom. The first-order valence-electron chi connectivity index (χ1n) is 3.88. The molecule has 12 heavy (non-hydrogen) atoms. The molecule has 0 aromatic heterocycles. The molecule has 0 spiro atoms. The van der Waals surface area contributed by atoms with Crippen LogP contribution in [0.2, 0.25) is 0 Å². The van der Waals surface area contributed by atoms with E-state index in [1.807, 2.05) is 6.21 Å². The van der Waals surface area contributed by atoms with E-state index in [2.05, 4.69) is 50.7 Å². The van der Waals surface area contributed by atoms with Gasteiger partial charge in [0, 0.05) is 23.1 Å². The summed E-state index contributed by atoms with van der Waals surface area (Å²) in [6, 6.07) is 8.35. The first-order chi connectivity index (χ1) is 5.86. The quantitative estimate of drug-likeness (QED) is 0.777. The van der Waals surface area contributed by atoms with Gasteiger partial charge < -0.3 is 5.43 Å². The van der Waals surface area contributed by atoms with Crippen LogP contribution in [0.4, 0.5) is 0 Å². The lowest BCUT2D eigenvalue weighted by atomic mass is 10.0. The molecular weight excluding hydrogens is 216 g/mol. The molecular formula is C9H9BrN2. The number of hydrazone groups is 1. The third kappa shape index (κ3) is 1.50. The van der Waals surface area contributed by atoms with Crippen molar-refractivity contribution in [2.45, 2.75) is 5.92 Å². The Morgan fingerprint density at radius 3 is 2.67 bits per heavy atom. The second-order valence-electron chi connectivity index (χ2n) is 2.80. The highest BCUT2D eigenvalue weighted by Gasteiger charge is 2.11.